The number of rotatable bonds is 7. The molecule has 0 saturated heterocycles. The van der Waals surface area contributed by atoms with Crippen molar-refractivity contribution in [3.8, 4) is 16.2 Å². The summed E-state index contributed by atoms with van der Waals surface area (Å²) in [6.07, 6.45) is 4.75. The summed E-state index contributed by atoms with van der Waals surface area (Å²) in [7, 11) is 0. The van der Waals surface area contributed by atoms with Gasteiger partial charge in [0.25, 0.3) is 11.8 Å². The van der Waals surface area contributed by atoms with Crippen LogP contribution < -0.4 is 10.3 Å². The lowest BCUT2D eigenvalue weighted by Crippen LogP contribution is -2.24. The maximum Gasteiger partial charge on any atom is 0.288 e. The second-order valence-corrected chi connectivity index (χ2v) is 9.90. The zero-order valence-corrected chi connectivity index (χ0v) is 21.4. The summed E-state index contributed by atoms with van der Waals surface area (Å²) in [6, 6.07) is 11.8. The summed E-state index contributed by atoms with van der Waals surface area (Å²) in [5.41, 5.74) is 1.79. The number of hydrogen-bond donors (Lipinski definition) is 2. The molecule has 4 aromatic rings. The number of benzene rings is 1. The molecule has 0 atom stereocenters. The molecule has 2 N–H and O–H groups in total. The van der Waals surface area contributed by atoms with Crippen LogP contribution in [0.2, 0.25) is 10.0 Å². The van der Waals surface area contributed by atoms with Crippen molar-refractivity contribution in [2.45, 2.75) is 13.5 Å². The fourth-order valence-corrected chi connectivity index (χ4v) is 5.19. The van der Waals surface area contributed by atoms with Crippen LogP contribution >= 0.6 is 45.9 Å². The molecule has 0 radical (unpaired) electrons. The minimum absolute atomic E-state index is 0.112. The fourth-order valence-electron chi connectivity index (χ4n) is 3.12. The first kappa shape index (κ1) is 24.9. The van der Waals surface area contributed by atoms with Crippen LogP contribution in [0.5, 0.6) is 5.75 Å². The predicted molar refractivity (Wildman–Crippen MR) is 142 cm³/mol. The summed E-state index contributed by atoms with van der Waals surface area (Å²) in [6.45, 7) is 2.00. The Balaban J connectivity index is 1.55. The van der Waals surface area contributed by atoms with Crippen LogP contribution in [0.15, 0.2) is 65.3 Å². The van der Waals surface area contributed by atoms with Crippen molar-refractivity contribution in [3.63, 3.8) is 0 Å². The molecule has 0 fully saturated rings. The van der Waals surface area contributed by atoms with Crippen molar-refractivity contribution in [1.82, 2.24) is 10.3 Å². The number of pyridine rings is 1. The maximum absolute atomic E-state index is 13.3. The highest BCUT2D eigenvalue weighted by molar-refractivity contribution is 7.16. The number of nitrogens with zero attached hydrogens (tertiary/aromatic N) is 3. The zero-order chi connectivity index (χ0) is 24.9. The Bertz CT molecular complexity index is 1400. The number of aromatic nitrogens is 1. The van der Waals surface area contributed by atoms with Crippen LogP contribution in [0.3, 0.4) is 0 Å². The molecule has 0 saturated carbocycles. The van der Waals surface area contributed by atoms with Crippen LogP contribution in [0, 0.1) is 0 Å². The van der Waals surface area contributed by atoms with Gasteiger partial charge >= 0.3 is 0 Å². The average molecular weight is 545 g/mol. The third-order valence-electron chi connectivity index (χ3n) is 4.82. The van der Waals surface area contributed by atoms with Crippen LogP contribution in [-0.4, -0.2) is 28.1 Å². The molecule has 178 valence electrons. The molecule has 11 heteroatoms. The summed E-state index contributed by atoms with van der Waals surface area (Å²) in [5.74, 6) is -0.883. The Morgan fingerprint density at radius 1 is 1.11 bits per heavy atom. The van der Waals surface area contributed by atoms with Gasteiger partial charge in [-0.15, -0.1) is 22.7 Å². The molecule has 7 nitrogen and oxygen atoms in total. The van der Waals surface area contributed by atoms with Gasteiger partial charge in [0.15, 0.2) is 5.75 Å². The molecule has 0 aliphatic carbocycles. The largest absolute Gasteiger partial charge is 0.504 e. The summed E-state index contributed by atoms with van der Waals surface area (Å²) in [5, 5.41) is 21.4. The molecule has 3 aromatic heterocycles. The van der Waals surface area contributed by atoms with Gasteiger partial charge in [-0.1, -0.05) is 29.3 Å². The number of hydrazone groups is 1. The van der Waals surface area contributed by atoms with E-state index in [2.05, 4.69) is 15.4 Å². The highest BCUT2D eigenvalue weighted by Crippen LogP contribution is 2.45. The SMILES string of the molecule is CC=NN(C(=O)c1ccc(C(=O)NCc2ccncc2)s1)c1csc(-c2ccc(Cl)c(Cl)c2)c1O. The zero-order valence-electron chi connectivity index (χ0n) is 18.2. The summed E-state index contributed by atoms with van der Waals surface area (Å²) >= 11 is 14.4. The lowest BCUT2D eigenvalue weighted by atomic mass is 10.1. The van der Waals surface area contributed by atoms with Gasteiger partial charge in [0.1, 0.15) is 5.69 Å². The van der Waals surface area contributed by atoms with Gasteiger partial charge in [-0.05, 0) is 54.4 Å². The average Bonchev–Trinajstić information content (AvgIpc) is 3.50. The first-order valence-electron chi connectivity index (χ1n) is 10.2. The van der Waals surface area contributed by atoms with Crippen molar-refractivity contribution in [2.24, 2.45) is 5.10 Å². The van der Waals surface area contributed by atoms with Crippen molar-refractivity contribution in [2.75, 3.05) is 5.01 Å². The molecule has 0 unspecified atom stereocenters. The minimum atomic E-state index is -0.477. The van der Waals surface area contributed by atoms with Gasteiger partial charge in [-0.3, -0.25) is 14.6 Å². The molecular formula is C24H18Cl2N4O3S2. The number of carbonyl (C=O) groups excluding carboxylic acids is 2. The lowest BCUT2D eigenvalue weighted by molar-refractivity contribution is 0.0954. The van der Waals surface area contributed by atoms with Gasteiger partial charge in [0.05, 0.1) is 24.7 Å². The normalized spacial score (nSPS) is 11.1. The van der Waals surface area contributed by atoms with Crippen molar-refractivity contribution in [3.05, 3.63) is 85.6 Å². The predicted octanol–water partition coefficient (Wildman–Crippen LogP) is 6.47. The Morgan fingerprint density at radius 2 is 1.86 bits per heavy atom. The van der Waals surface area contributed by atoms with E-state index in [1.165, 1.54) is 17.6 Å². The van der Waals surface area contributed by atoms with E-state index in [4.69, 9.17) is 23.2 Å². The van der Waals surface area contributed by atoms with E-state index in [1.807, 2.05) is 12.1 Å². The molecular weight excluding hydrogens is 527 g/mol. The van der Waals surface area contributed by atoms with Crippen LogP contribution in [0.4, 0.5) is 5.69 Å². The third kappa shape index (κ3) is 5.54. The second kappa shape index (κ2) is 11.0. The van der Waals surface area contributed by atoms with Crippen molar-refractivity contribution in [1.29, 1.82) is 0 Å². The summed E-state index contributed by atoms with van der Waals surface area (Å²) in [4.78, 5) is 31.0. The van der Waals surface area contributed by atoms with E-state index in [0.717, 1.165) is 21.9 Å². The molecule has 4 rings (SSSR count). The quantitative estimate of drug-likeness (QED) is 0.206. The molecule has 35 heavy (non-hydrogen) atoms. The van der Waals surface area contributed by atoms with Crippen LogP contribution in [0.1, 0.15) is 31.8 Å². The number of carbonyl (C=O) groups is 2. The van der Waals surface area contributed by atoms with E-state index in [0.29, 0.717) is 36.8 Å². The van der Waals surface area contributed by atoms with E-state index < -0.39 is 5.91 Å². The van der Waals surface area contributed by atoms with Gasteiger partial charge in [-0.25, -0.2) is 0 Å². The first-order valence-corrected chi connectivity index (χ1v) is 12.7. The topological polar surface area (TPSA) is 94.9 Å². The van der Waals surface area contributed by atoms with E-state index >= 15 is 0 Å². The minimum Gasteiger partial charge on any atom is -0.504 e. The van der Waals surface area contributed by atoms with Gasteiger partial charge in [0.2, 0.25) is 0 Å². The standard InChI is InChI=1S/C24H18Cl2N4O3S2/c1-2-29-30(18-13-34-22(21(18)31)15-3-4-16(25)17(26)11-15)24(33)20-6-5-19(35-20)23(32)28-12-14-7-9-27-10-8-14/h2-11,13,31H,12H2,1H3,(H,28,32). The fraction of sp³-hybridized carbons (Fsp3) is 0.0833. The maximum atomic E-state index is 13.3. The highest BCUT2D eigenvalue weighted by atomic mass is 35.5. The first-order chi connectivity index (χ1) is 16.9. The summed E-state index contributed by atoms with van der Waals surface area (Å²) < 4.78 is 0. The number of hydrogen-bond acceptors (Lipinski definition) is 7. The van der Waals surface area contributed by atoms with Crippen molar-refractivity contribution >= 4 is 69.6 Å². The molecule has 0 aliphatic rings. The Kier molecular flexibility index (Phi) is 7.82. The van der Waals surface area contributed by atoms with E-state index in [9.17, 15) is 14.7 Å². The molecule has 0 aliphatic heterocycles. The van der Waals surface area contributed by atoms with E-state index in [-0.39, 0.29) is 17.3 Å². The number of thiophene rings is 2. The molecule has 0 bridgehead atoms. The monoisotopic (exact) mass is 544 g/mol. The molecule has 2 amide bonds. The van der Waals surface area contributed by atoms with Crippen molar-refractivity contribution < 1.29 is 14.7 Å². The van der Waals surface area contributed by atoms with E-state index in [1.54, 1.807) is 55.0 Å². The number of amides is 2. The van der Waals surface area contributed by atoms with Gasteiger partial charge in [-0.2, -0.15) is 10.1 Å². The number of halogens is 2. The molecule has 3 heterocycles. The number of aromatic hydroxyl groups is 1. The Morgan fingerprint density at radius 3 is 2.57 bits per heavy atom. The Labute approximate surface area is 219 Å². The lowest BCUT2D eigenvalue weighted by Gasteiger charge is -2.15. The van der Waals surface area contributed by atoms with Crippen LogP contribution in [-0.2, 0) is 6.54 Å². The van der Waals surface area contributed by atoms with Gasteiger partial charge in [0, 0.05) is 30.5 Å². The number of nitrogens with one attached hydrogen (secondary N) is 1. The highest BCUT2D eigenvalue weighted by Gasteiger charge is 2.26. The van der Waals surface area contributed by atoms with Gasteiger partial charge < -0.3 is 10.4 Å². The molecule has 1 aromatic carbocycles. The second-order valence-electron chi connectivity index (χ2n) is 7.12. The Hall–Kier alpha value is -3.24. The smallest absolute Gasteiger partial charge is 0.288 e. The van der Waals surface area contributed by atoms with Crippen LogP contribution in [0.25, 0.3) is 10.4 Å². The number of anilines is 1. The third-order valence-corrected chi connectivity index (χ3v) is 7.64. The molecule has 0 spiro atoms.